The Morgan fingerprint density at radius 3 is 2.20 bits per heavy atom. The number of ketones is 1. The van der Waals surface area contributed by atoms with E-state index in [1.54, 1.807) is 0 Å². The minimum atomic E-state index is 0.0603. The van der Waals surface area contributed by atoms with Crippen LogP contribution >= 0.6 is 38.5 Å². The van der Waals surface area contributed by atoms with E-state index in [1.807, 2.05) is 60.7 Å². The van der Waals surface area contributed by atoms with Gasteiger partial charge in [0.15, 0.2) is 5.78 Å². The van der Waals surface area contributed by atoms with Crippen LogP contribution in [-0.4, -0.2) is 5.78 Å². The Bertz CT molecular complexity index is 794. The molecule has 0 N–H and O–H groups in total. The van der Waals surface area contributed by atoms with E-state index in [9.17, 15) is 4.79 Å². The van der Waals surface area contributed by atoms with E-state index in [0.29, 0.717) is 0 Å². The highest BCUT2D eigenvalue weighted by Gasteiger charge is 2.13. The molecule has 0 radical (unpaired) electrons. The van der Waals surface area contributed by atoms with Crippen molar-refractivity contribution in [2.24, 2.45) is 0 Å². The summed E-state index contributed by atoms with van der Waals surface area (Å²) in [6.45, 7) is 0. The Morgan fingerprint density at radius 2 is 1.50 bits per heavy atom. The molecule has 0 amide bonds. The van der Waals surface area contributed by atoms with Crippen LogP contribution < -0.4 is 0 Å². The van der Waals surface area contributed by atoms with Gasteiger partial charge in [-0.15, -0.1) is 0 Å². The fourth-order valence-electron chi connectivity index (χ4n) is 2.22. The summed E-state index contributed by atoms with van der Waals surface area (Å²) in [4.78, 5) is 12.7. The largest absolute Gasteiger partial charge is 0.289 e. The fourth-order valence-corrected chi connectivity index (χ4v) is 3.05. The van der Waals surface area contributed by atoms with Gasteiger partial charge in [-0.05, 0) is 69.8 Å². The molecular weight excluding hydrogens is 427 g/mol. The number of hydrogen-bond donors (Lipinski definition) is 0. The molecule has 0 aliphatic rings. The lowest BCUT2D eigenvalue weighted by atomic mass is 9.97. The molecule has 0 heterocycles. The predicted octanol–water partition coefficient (Wildman–Crippen LogP) is 5.44. The van der Waals surface area contributed by atoms with Crippen molar-refractivity contribution in [2.45, 2.75) is 0 Å². The molecule has 3 rings (SSSR count). The van der Waals surface area contributed by atoms with Gasteiger partial charge in [-0.3, -0.25) is 4.79 Å². The number of hydrogen-bond acceptors (Lipinski definition) is 1. The Kier molecular flexibility index (Phi) is 3.89. The zero-order chi connectivity index (χ0) is 14.1. The van der Waals surface area contributed by atoms with E-state index in [4.69, 9.17) is 0 Å². The second kappa shape index (κ2) is 5.66. The Balaban J connectivity index is 2.17. The minimum absolute atomic E-state index is 0.0603. The van der Waals surface area contributed by atoms with Crippen LogP contribution in [0.15, 0.2) is 65.1 Å². The zero-order valence-corrected chi connectivity index (χ0v) is 14.2. The van der Waals surface area contributed by atoms with Crippen LogP contribution in [0.1, 0.15) is 15.9 Å². The van der Waals surface area contributed by atoms with Crippen LogP contribution in [0.25, 0.3) is 10.8 Å². The summed E-state index contributed by atoms with van der Waals surface area (Å²) in [5.74, 6) is 0.0603. The average Bonchev–Trinajstić information content (AvgIpc) is 2.48. The molecule has 3 heteroatoms. The van der Waals surface area contributed by atoms with Crippen molar-refractivity contribution in [1.29, 1.82) is 0 Å². The Morgan fingerprint density at radius 1 is 0.850 bits per heavy atom. The second-order valence-corrected chi connectivity index (χ2v) is 6.58. The summed E-state index contributed by atoms with van der Waals surface area (Å²) in [5, 5.41) is 2.04. The van der Waals surface area contributed by atoms with Gasteiger partial charge in [-0.1, -0.05) is 40.2 Å². The highest BCUT2D eigenvalue weighted by molar-refractivity contribution is 14.1. The fraction of sp³-hybridized carbons (Fsp3) is 0. The molecule has 0 bridgehead atoms. The van der Waals surface area contributed by atoms with E-state index >= 15 is 0 Å². The lowest BCUT2D eigenvalue weighted by Crippen LogP contribution is -2.02. The number of rotatable bonds is 2. The maximum absolute atomic E-state index is 12.7. The standard InChI is InChI=1S/C17H10BrIO/c18-16-10-9-15(13-3-1-2-4-14(13)16)17(20)11-5-7-12(19)8-6-11/h1-10H. The molecule has 0 unspecified atom stereocenters. The van der Waals surface area contributed by atoms with Crippen molar-refractivity contribution < 1.29 is 4.79 Å². The molecule has 0 aliphatic carbocycles. The SMILES string of the molecule is O=C(c1ccc(I)cc1)c1ccc(Br)c2ccccc12. The lowest BCUT2D eigenvalue weighted by Gasteiger charge is -2.07. The molecule has 0 saturated heterocycles. The van der Waals surface area contributed by atoms with E-state index in [-0.39, 0.29) is 5.78 Å². The van der Waals surface area contributed by atoms with E-state index < -0.39 is 0 Å². The van der Waals surface area contributed by atoms with Crippen molar-refractivity contribution in [3.8, 4) is 0 Å². The lowest BCUT2D eigenvalue weighted by molar-refractivity contribution is 0.104. The second-order valence-electron chi connectivity index (χ2n) is 4.48. The van der Waals surface area contributed by atoms with Gasteiger partial charge in [0, 0.05) is 19.2 Å². The third-order valence-electron chi connectivity index (χ3n) is 3.22. The summed E-state index contributed by atoms with van der Waals surface area (Å²) < 4.78 is 2.13. The van der Waals surface area contributed by atoms with Crippen LogP contribution in [-0.2, 0) is 0 Å². The van der Waals surface area contributed by atoms with Crippen molar-refractivity contribution in [3.63, 3.8) is 0 Å². The third kappa shape index (κ3) is 2.52. The molecule has 1 nitrogen and oxygen atoms in total. The number of halogens is 2. The van der Waals surface area contributed by atoms with Gasteiger partial charge in [0.05, 0.1) is 0 Å². The molecule has 20 heavy (non-hydrogen) atoms. The zero-order valence-electron chi connectivity index (χ0n) is 10.4. The molecule has 3 aromatic rings. The number of carbonyl (C=O) groups excluding carboxylic acids is 1. The highest BCUT2D eigenvalue weighted by atomic mass is 127. The Labute approximate surface area is 139 Å². The number of benzene rings is 3. The first kappa shape index (κ1) is 13.8. The van der Waals surface area contributed by atoms with Crippen LogP contribution in [0.5, 0.6) is 0 Å². The van der Waals surface area contributed by atoms with Crippen molar-refractivity contribution in [2.75, 3.05) is 0 Å². The first-order valence-corrected chi connectivity index (χ1v) is 8.01. The van der Waals surface area contributed by atoms with Crippen LogP contribution in [0.3, 0.4) is 0 Å². The summed E-state index contributed by atoms with van der Waals surface area (Å²) in [6, 6.07) is 19.4. The smallest absolute Gasteiger partial charge is 0.193 e. The van der Waals surface area contributed by atoms with E-state index in [0.717, 1.165) is 29.9 Å². The first-order chi connectivity index (χ1) is 9.66. The molecular formula is C17H10BrIO. The van der Waals surface area contributed by atoms with E-state index in [2.05, 4.69) is 38.5 Å². The van der Waals surface area contributed by atoms with Crippen LogP contribution in [0.4, 0.5) is 0 Å². The monoisotopic (exact) mass is 436 g/mol. The molecule has 0 saturated carbocycles. The van der Waals surface area contributed by atoms with Gasteiger partial charge in [0.25, 0.3) is 0 Å². The van der Waals surface area contributed by atoms with Crippen molar-refractivity contribution in [3.05, 3.63) is 79.8 Å². The maximum Gasteiger partial charge on any atom is 0.193 e. The highest BCUT2D eigenvalue weighted by Crippen LogP contribution is 2.28. The molecule has 0 fully saturated rings. The number of fused-ring (bicyclic) bond motifs is 1. The van der Waals surface area contributed by atoms with Gasteiger partial charge in [-0.2, -0.15) is 0 Å². The molecule has 0 spiro atoms. The third-order valence-corrected chi connectivity index (χ3v) is 4.63. The van der Waals surface area contributed by atoms with E-state index in [1.165, 1.54) is 0 Å². The van der Waals surface area contributed by atoms with Gasteiger partial charge in [0.1, 0.15) is 0 Å². The van der Waals surface area contributed by atoms with Gasteiger partial charge in [0.2, 0.25) is 0 Å². The molecule has 98 valence electrons. The molecule has 0 atom stereocenters. The van der Waals surface area contributed by atoms with Gasteiger partial charge in [-0.25, -0.2) is 0 Å². The first-order valence-electron chi connectivity index (χ1n) is 6.14. The summed E-state index contributed by atoms with van der Waals surface area (Å²) in [6.07, 6.45) is 0. The summed E-state index contributed by atoms with van der Waals surface area (Å²) in [7, 11) is 0. The predicted molar refractivity (Wildman–Crippen MR) is 94.2 cm³/mol. The maximum atomic E-state index is 12.7. The average molecular weight is 437 g/mol. The molecule has 3 aromatic carbocycles. The number of carbonyl (C=O) groups is 1. The normalized spacial score (nSPS) is 10.7. The topological polar surface area (TPSA) is 17.1 Å². The van der Waals surface area contributed by atoms with Crippen molar-refractivity contribution in [1.82, 2.24) is 0 Å². The summed E-state index contributed by atoms with van der Waals surface area (Å²) in [5.41, 5.74) is 1.46. The molecule has 0 aliphatic heterocycles. The molecule has 0 aromatic heterocycles. The van der Waals surface area contributed by atoms with Gasteiger partial charge < -0.3 is 0 Å². The Hall–Kier alpha value is -1.20. The van der Waals surface area contributed by atoms with Crippen molar-refractivity contribution >= 4 is 55.1 Å². The van der Waals surface area contributed by atoms with Gasteiger partial charge >= 0.3 is 0 Å². The summed E-state index contributed by atoms with van der Waals surface area (Å²) >= 11 is 5.77. The van der Waals surface area contributed by atoms with Crippen LogP contribution in [0, 0.1) is 3.57 Å². The van der Waals surface area contributed by atoms with Crippen LogP contribution in [0.2, 0.25) is 0 Å². The quantitative estimate of drug-likeness (QED) is 0.386. The minimum Gasteiger partial charge on any atom is -0.289 e.